The van der Waals surface area contributed by atoms with Crippen LogP contribution in [0.4, 0.5) is 4.39 Å². The average Bonchev–Trinajstić information content (AvgIpc) is 2.97. The predicted octanol–water partition coefficient (Wildman–Crippen LogP) is 2.26. The molecule has 2 aromatic rings. The van der Waals surface area contributed by atoms with Crippen molar-refractivity contribution in [2.45, 2.75) is 23.7 Å². The zero-order valence-corrected chi connectivity index (χ0v) is 15.6. The van der Waals surface area contributed by atoms with Gasteiger partial charge in [0.1, 0.15) is 11.6 Å². The van der Waals surface area contributed by atoms with Gasteiger partial charge in [-0.05, 0) is 35.4 Å². The van der Waals surface area contributed by atoms with Gasteiger partial charge < -0.3 is 5.32 Å². The molecule has 142 valence electrons. The lowest BCUT2D eigenvalue weighted by molar-refractivity contribution is -0.127. The van der Waals surface area contributed by atoms with Crippen molar-refractivity contribution in [1.29, 1.82) is 0 Å². The van der Waals surface area contributed by atoms with Gasteiger partial charge in [0.2, 0.25) is 5.91 Å². The molecule has 1 amide bonds. The molecule has 0 unspecified atom stereocenters. The molecule has 3 rings (SSSR count). The molecule has 1 N–H and O–H groups in total. The van der Waals surface area contributed by atoms with E-state index in [4.69, 9.17) is 0 Å². The molecule has 1 aliphatic heterocycles. The van der Waals surface area contributed by atoms with E-state index in [1.807, 2.05) is 0 Å². The molecule has 1 heterocycles. The average molecular weight is 389 g/mol. The normalized spacial score (nSPS) is 19.7. The van der Waals surface area contributed by atoms with Crippen molar-refractivity contribution in [3.05, 3.63) is 65.5 Å². The highest BCUT2D eigenvalue weighted by molar-refractivity contribution is 7.90. The van der Waals surface area contributed by atoms with E-state index >= 15 is 0 Å². The molecular formula is C20H20FNO4S. The van der Waals surface area contributed by atoms with Gasteiger partial charge in [-0.1, -0.05) is 24.3 Å². The fourth-order valence-corrected chi connectivity index (χ4v) is 3.99. The fraction of sp³-hybridized carbons (Fsp3) is 0.300. The van der Waals surface area contributed by atoms with Gasteiger partial charge in [-0.25, -0.2) is 12.8 Å². The SMILES string of the molecule is CS(=O)(=O)c1ccc([C@@H]2CNC(=O)[C@H]2CC(=O)Cc2ccc(F)cc2)cc1. The second kappa shape index (κ2) is 7.60. The van der Waals surface area contributed by atoms with Gasteiger partial charge in [0, 0.05) is 31.6 Å². The van der Waals surface area contributed by atoms with Crippen LogP contribution in [0, 0.1) is 11.7 Å². The van der Waals surface area contributed by atoms with Gasteiger partial charge in [-0.2, -0.15) is 0 Å². The number of sulfone groups is 1. The molecule has 0 spiro atoms. The van der Waals surface area contributed by atoms with Gasteiger partial charge in [0.05, 0.1) is 10.8 Å². The maximum absolute atomic E-state index is 13.0. The van der Waals surface area contributed by atoms with E-state index in [0.29, 0.717) is 12.1 Å². The molecule has 1 aliphatic rings. The number of hydrogen-bond donors (Lipinski definition) is 1. The van der Waals surface area contributed by atoms with E-state index in [-0.39, 0.29) is 41.2 Å². The van der Waals surface area contributed by atoms with Gasteiger partial charge in [-0.3, -0.25) is 9.59 Å². The minimum atomic E-state index is -3.29. The number of ketones is 1. The molecule has 5 nitrogen and oxygen atoms in total. The Morgan fingerprint density at radius 3 is 2.33 bits per heavy atom. The Labute approximate surface area is 157 Å². The Morgan fingerprint density at radius 2 is 1.74 bits per heavy atom. The van der Waals surface area contributed by atoms with E-state index < -0.39 is 15.8 Å². The van der Waals surface area contributed by atoms with E-state index in [1.54, 1.807) is 24.3 Å². The van der Waals surface area contributed by atoms with Crippen LogP contribution in [0.2, 0.25) is 0 Å². The lowest BCUT2D eigenvalue weighted by Gasteiger charge is -2.17. The zero-order chi connectivity index (χ0) is 19.6. The van der Waals surface area contributed by atoms with Crippen LogP contribution in [0.25, 0.3) is 0 Å². The van der Waals surface area contributed by atoms with Gasteiger partial charge in [-0.15, -0.1) is 0 Å². The van der Waals surface area contributed by atoms with Crippen molar-refractivity contribution in [2.75, 3.05) is 12.8 Å². The summed E-state index contributed by atoms with van der Waals surface area (Å²) in [4.78, 5) is 24.8. The number of benzene rings is 2. The molecule has 7 heteroatoms. The first-order valence-electron chi connectivity index (χ1n) is 8.58. The minimum absolute atomic E-state index is 0.0850. The summed E-state index contributed by atoms with van der Waals surface area (Å²) in [5.41, 5.74) is 1.52. The minimum Gasteiger partial charge on any atom is -0.355 e. The highest BCUT2D eigenvalue weighted by Crippen LogP contribution is 2.32. The maximum Gasteiger partial charge on any atom is 0.224 e. The summed E-state index contributed by atoms with van der Waals surface area (Å²) in [7, 11) is -3.29. The van der Waals surface area contributed by atoms with Gasteiger partial charge >= 0.3 is 0 Å². The monoisotopic (exact) mass is 389 g/mol. The van der Waals surface area contributed by atoms with Crippen LogP contribution in [-0.2, 0) is 25.8 Å². The number of hydrogen-bond acceptors (Lipinski definition) is 4. The zero-order valence-electron chi connectivity index (χ0n) is 14.8. The number of carbonyl (C=O) groups excluding carboxylic acids is 2. The van der Waals surface area contributed by atoms with Crippen LogP contribution >= 0.6 is 0 Å². The molecule has 0 bridgehead atoms. The molecule has 1 saturated heterocycles. The first kappa shape index (κ1) is 19.2. The van der Waals surface area contributed by atoms with Gasteiger partial charge in [0.25, 0.3) is 0 Å². The predicted molar refractivity (Wildman–Crippen MR) is 98.5 cm³/mol. The summed E-state index contributed by atoms with van der Waals surface area (Å²) in [6.07, 6.45) is 1.37. The number of carbonyl (C=O) groups is 2. The Hall–Kier alpha value is -2.54. The van der Waals surface area contributed by atoms with Crippen LogP contribution in [0.1, 0.15) is 23.5 Å². The second-order valence-corrected chi connectivity index (χ2v) is 8.86. The van der Waals surface area contributed by atoms with Gasteiger partial charge in [0.15, 0.2) is 9.84 Å². The van der Waals surface area contributed by atoms with Crippen molar-refractivity contribution in [2.24, 2.45) is 5.92 Å². The molecule has 0 aromatic heterocycles. The lowest BCUT2D eigenvalue weighted by Crippen LogP contribution is -2.23. The third kappa shape index (κ3) is 4.60. The Morgan fingerprint density at radius 1 is 1.11 bits per heavy atom. The number of amides is 1. The lowest BCUT2D eigenvalue weighted by atomic mass is 9.84. The summed E-state index contributed by atoms with van der Waals surface area (Å²) in [6, 6.07) is 12.1. The number of rotatable bonds is 6. The standard InChI is InChI=1S/C20H20FNO4S/c1-27(25,26)17-8-4-14(5-9-17)19-12-22-20(24)18(19)11-16(23)10-13-2-6-15(21)7-3-13/h2-9,18-19H,10-12H2,1H3,(H,22,24)/t18-,19-/m0/s1. The summed E-state index contributed by atoms with van der Waals surface area (Å²) in [6.45, 7) is 0.408. The van der Waals surface area contributed by atoms with E-state index in [1.165, 1.54) is 24.3 Å². The van der Waals surface area contributed by atoms with E-state index in [9.17, 15) is 22.4 Å². The molecule has 2 aromatic carbocycles. The first-order valence-corrected chi connectivity index (χ1v) is 10.5. The molecule has 0 saturated carbocycles. The largest absolute Gasteiger partial charge is 0.355 e. The van der Waals surface area contributed by atoms with Crippen LogP contribution in [0.15, 0.2) is 53.4 Å². The molecule has 0 radical (unpaired) electrons. The summed E-state index contributed by atoms with van der Waals surface area (Å²) >= 11 is 0. The Balaban J connectivity index is 1.72. The van der Waals surface area contributed by atoms with Crippen LogP contribution in [0.3, 0.4) is 0 Å². The molecule has 2 atom stereocenters. The summed E-state index contributed by atoms with van der Waals surface area (Å²) < 4.78 is 36.1. The highest BCUT2D eigenvalue weighted by Gasteiger charge is 2.36. The third-order valence-electron chi connectivity index (χ3n) is 4.82. The second-order valence-electron chi connectivity index (χ2n) is 6.85. The van der Waals surface area contributed by atoms with Crippen LogP contribution < -0.4 is 5.32 Å². The first-order chi connectivity index (χ1) is 12.7. The van der Waals surface area contributed by atoms with Crippen molar-refractivity contribution in [3.8, 4) is 0 Å². The fourth-order valence-electron chi connectivity index (χ4n) is 3.36. The van der Waals surface area contributed by atoms with Crippen molar-refractivity contribution >= 4 is 21.5 Å². The highest BCUT2D eigenvalue weighted by atomic mass is 32.2. The Kier molecular flexibility index (Phi) is 5.41. The van der Waals surface area contributed by atoms with Crippen LogP contribution in [0.5, 0.6) is 0 Å². The summed E-state index contributed by atoms with van der Waals surface area (Å²) in [5, 5.41) is 2.78. The smallest absolute Gasteiger partial charge is 0.224 e. The van der Waals surface area contributed by atoms with Crippen molar-refractivity contribution < 1.29 is 22.4 Å². The van der Waals surface area contributed by atoms with Crippen molar-refractivity contribution in [1.82, 2.24) is 5.32 Å². The van der Waals surface area contributed by atoms with E-state index in [0.717, 1.165) is 11.8 Å². The number of Topliss-reactive ketones (excluding diaryl/α,β-unsaturated/α-hetero) is 1. The quantitative estimate of drug-likeness (QED) is 0.822. The van der Waals surface area contributed by atoms with Crippen LogP contribution in [-0.4, -0.2) is 32.9 Å². The molecule has 27 heavy (non-hydrogen) atoms. The Bertz CT molecular complexity index is 952. The molecule has 1 fully saturated rings. The molecular weight excluding hydrogens is 369 g/mol. The van der Waals surface area contributed by atoms with Crippen molar-refractivity contribution in [3.63, 3.8) is 0 Å². The summed E-state index contributed by atoms with van der Waals surface area (Å²) in [5.74, 6) is -1.33. The maximum atomic E-state index is 13.0. The molecule has 0 aliphatic carbocycles. The number of nitrogens with one attached hydrogen (secondary N) is 1. The topological polar surface area (TPSA) is 80.3 Å². The third-order valence-corrected chi connectivity index (χ3v) is 5.95. The number of halogens is 1. The van der Waals surface area contributed by atoms with E-state index in [2.05, 4.69) is 5.32 Å².